The predicted molar refractivity (Wildman–Crippen MR) is 111 cm³/mol. The summed E-state index contributed by atoms with van der Waals surface area (Å²) in [6.45, 7) is 3.34. The van der Waals surface area contributed by atoms with Gasteiger partial charge in [-0.05, 0) is 54.3 Å². The zero-order chi connectivity index (χ0) is 19.3. The molecule has 144 valence electrons. The Bertz CT molecular complexity index is 957. The lowest BCUT2D eigenvalue weighted by Gasteiger charge is -2.17. The second-order valence-corrected chi connectivity index (χ2v) is 7.24. The van der Waals surface area contributed by atoms with Gasteiger partial charge in [0.1, 0.15) is 12.4 Å². The summed E-state index contributed by atoms with van der Waals surface area (Å²) in [5, 5.41) is 5.44. The molecule has 2 atom stereocenters. The largest absolute Gasteiger partial charge is 0.491 e. The molecule has 1 N–H and O–H groups in total. The second-order valence-electron chi connectivity index (χ2n) is 7.24. The molecule has 4 nitrogen and oxygen atoms in total. The van der Waals surface area contributed by atoms with Gasteiger partial charge < -0.3 is 14.8 Å². The molecule has 3 aromatic carbocycles. The Labute approximate surface area is 165 Å². The Balaban J connectivity index is 1.44. The van der Waals surface area contributed by atoms with Crippen molar-refractivity contribution in [2.75, 3.05) is 13.2 Å². The zero-order valence-corrected chi connectivity index (χ0v) is 16.1. The van der Waals surface area contributed by atoms with Gasteiger partial charge in [0.05, 0.1) is 12.1 Å². The topological polar surface area (TPSA) is 47.6 Å². The molecule has 0 saturated carbocycles. The van der Waals surface area contributed by atoms with E-state index in [1.165, 1.54) is 5.39 Å². The summed E-state index contributed by atoms with van der Waals surface area (Å²) in [4.78, 5) is 12.8. The van der Waals surface area contributed by atoms with Crippen LogP contribution in [0, 0.1) is 0 Å². The first kappa shape index (κ1) is 18.5. The molecule has 4 rings (SSSR count). The van der Waals surface area contributed by atoms with E-state index >= 15 is 0 Å². The van der Waals surface area contributed by atoms with Crippen LogP contribution in [0.3, 0.4) is 0 Å². The van der Waals surface area contributed by atoms with Gasteiger partial charge in [0, 0.05) is 12.2 Å². The number of amides is 1. The molecular weight excluding hydrogens is 350 g/mol. The van der Waals surface area contributed by atoms with E-state index in [1.54, 1.807) is 6.07 Å². The molecule has 1 saturated heterocycles. The lowest BCUT2D eigenvalue weighted by Crippen LogP contribution is -2.26. The van der Waals surface area contributed by atoms with Crippen LogP contribution in [0.1, 0.15) is 41.7 Å². The number of fused-ring (bicyclic) bond motifs is 1. The summed E-state index contributed by atoms with van der Waals surface area (Å²) >= 11 is 0. The minimum Gasteiger partial charge on any atom is -0.491 e. The van der Waals surface area contributed by atoms with E-state index in [0.717, 1.165) is 30.4 Å². The van der Waals surface area contributed by atoms with Crippen LogP contribution in [-0.2, 0) is 4.74 Å². The van der Waals surface area contributed by atoms with Gasteiger partial charge in [-0.25, -0.2) is 0 Å². The number of carbonyl (C=O) groups is 1. The molecule has 0 unspecified atom stereocenters. The number of carbonyl (C=O) groups excluding carboxylic acids is 1. The molecule has 0 aromatic heterocycles. The standard InChI is InChI=1S/C24H25NO3/c1-17(22-13-5-8-18-7-2-3-12-23(18)22)25-24(26)19-9-4-10-20(15-19)28-16-21-11-6-14-27-21/h2-5,7-10,12-13,15,17,21H,6,11,14,16H2,1H3,(H,25,26)/t17-,21+/m0/s1. The van der Waals surface area contributed by atoms with E-state index in [1.807, 2.05) is 43.3 Å². The molecule has 0 spiro atoms. The van der Waals surface area contributed by atoms with Crippen LogP contribution < -0.4 is 10.1 Å². The number of nitrogens with one attached hydrogen (secondary N) is 1. The Kier molecular flexibility index (Phi) is 5.58. The maximum absolute atomic E-state index is 12.8. The Morgan fingerprint density at radius 1 is 1.14 bits per heavy atom. The third kappa shape index (κ3) is 4.18. The maximum Gasteiger partial charge on any atom is 0.251 e. The highest BCUT2D eigenvalue weighted by Crippen LogP contribution is 2.24. The van der Waals surface area contributed by atoms with Gasteiger partial charge in [-0.15, -0.1) is 0 Å². The van der Waals surface area contributed by atoms with Crippen molar-refractivity contribution >= 4 is 16.7 Å². The number of hydrogen-bond donors (Lipinski definition) is 1. The van der Waals surface area contributed by atoms with E-state index in [0.29, 0.717) is 17.9 Å². The minimum absolute atomic E-state index is 0.102. The minimum atomic E-state index is -0.108. The molecular formula is C24H25NO3. The molecule has 0 radical (unpaired) electrons. The highest BCUT2D eigenvalue weighted by Gasteiger charge is 2.17. The lowest BCUT2D eigenvalue weighted by atomic mass is 9.99. The lowest BCUT2D eigenvalue weighted by molar-refractivity contribution is 0.0679. The monoisotopic (exact) mass is 375 g/mol. The summed E-state index contributed by atoms with van der Waals surface area (Å²) in [6.07, 6.45) is 2.27. The molecule has 0 aliphatic carbocycles. The third-order valence-corrected chi connectivity index (χ3v) is 5.19. The first-order valence-corrected chi connectivity index (χ1v) is 9.84. The highest BCUT2D eigenvalue weighted by atomic mass is 16.5. The Morgan fingerprint density at radius 2 is 1.96 bits per heavy atom. The molecule has 28 heavy (non-hydrogen) atoms. The van der Waals surface area contributed by atoms with Crippen molar-refractivity contribution in [3.63, 3.8) is 0 Å². The average Bonchev–Trinajstić information content (AvgIpc) is 3.25. The summed E-state index contributed by atoms with van der Waals surface area (Å²) in [5.41, 5.74) is 1.70. The zero-order valence-electron chi connectivity index (χ0n) is 16.1. The van der Waals surface area contributed by atoms with Crippen LogP contribution >= 0.6 is 0 Å². The number of benzene rings is 3. The van der Waals surface area contributed by atoms with Gasteiger partial charge in [0.25, 0.3) is 5.91 Å². The molecule has 1 aliphatic rings. The Morgan fingerprint density at radius 3 is 2.82 bits per heavy atom. The number of rotatable bonds is 6. The fraction of sp³-hybridized carbons (Fsp3) is 0.292. The number of hydrogen-bond acceptors (Lipinski definition) is 3. The van der Waals surface area contributed by atoms with Gasteiger partial charge in [-0.1, -0.05) is 48.5 Å². The summed E-state index contributed by atoms with van der Waals surface area (Å²) in [6, 6.07) is 21.6. The highest BCUT2D eigenvalue weighted by molar-refractivity contribution is 5.95. The first-order chi connectivity index (χ1) is 13.7. The molecule has 3 aromatic rings. The van der Waals surface area contributed by atoms with E-state index in [4.69, 9.17) is 9.47 Å². The van der Waals surface area contributed by atoms with Crippen LogP contribution in [-0.4, -0.2) is 25.2 Å². The fourth-order valence-electron chi connectivity index (χ4n) is 3.68. The van der Waals surface area contributed by atoms with Gasteiger partial charge in [-0.2, -0.15) is 0 Å². The number of ether oxygens (including phenoxy) is 2. The van der Waals surface area contributed by atoms with Crippen LogP contribution in [0.5, 0.6) is 5.75 Å². The van der Waals surface area contributed by atoms with Crippen molar-refractivity contribution in [2.45, 2.75) is 31.9 Å². The van der Waals surface area contributed by atoms with Crippen molar-refractivity contribution in [2.24, 2.45) is 0 Å². The van der Waals surface area contributed by atoms with Crippen molar-refractivity contribution in [1.82, 2.24) is 5.32 Å². The summed E-state index contributed by atoms with van der Waals surface area (Å²) < 4.78 is 11.4. The smallest absolute Gasteiger partial charge is 0.251 e. The van der Waals surface area contributed by atoms with E-state index in [-0.39, 0.29) is 18.1 Å². The van der Waals surface area contributed by atoms with E-state index < -0.39 is 0 Å². The molecule has 0 bridgehead atoms. The van der Waals surface area contributed by atoms with Gasteiger partial charge in [-0.3, -0.25) is 4.79 Å². The molecule has 4 heteroatoms. The van der Waals surface area contributed by atoms with Gasteiger partial charge in [0.2, 0.25) is 0 Å². The van der Waals surface area contributed by atoms with Crippen LogP contribution in [0.2, 0.25) is 0 Å². The normalized spacial score (nSPS) is 17.4. The van der Waals surface area contributed by atoms with Crippen molar-refractivity contribution in [1.29, 1.82) is 0 Å². The second kappa shape index (κ2) is 8.44. The van der Waals surface area contributed by atoms with Crippen LogP contribution in [0.25, 0.3) is 10.8 Å². The SMILES string of the molecule is C[C@H](NC(=O)c1cccc(OC[C@H]2CCCO2)c1)c1cccc2ccccc12. The van der Waals surface area contributed by atoms with E-state index in [9.17, 15) is 4.79 Å². The average molecular weight is 375 g/mol. The quantitative estimate of drug-likeness (QED) is 0.667. The summed E-state index contributed by atoms with van der Waals surface area (Å²) in [7, 11) is 0. The van der Waals surface area contributed by atoms with Crippen LogP contribution in [0.15, 0.2) is 66.7 Å². The van der Waals surface area contributed by atoms with Gasteiger partial charge in [0.15, 0.2) is 0 Å². The maximum atomic E-state index is 12.8. The molecule has 1 amide bonds. The summed E-state index contributed by atoms with van der Waals surface area (Å²) in [5.74, 6) is 0.587. The van der Waals surface area contributed by atoms with Crippen LogP contribution in [0.4, 0.5) is 0 Å². The fourth-order valence-corrected chi connectivity index (χ4v) is 3.68. The van der Waals surface area contributed by atoms with Crippen molar-refractivity contribution < 1.29 is 14.3 Å². The first-order valence-electron chi connectivity index (χ1n) is 9.84. The molecule has 1 aliphatic heterocycles. The Hall–Kier alpha value is -2.85. The predicted octanol–water partition coefficient (Wildman–Crippen LogP) is 4.89. The van der Waals surface area contributed by atoms with E-state index in [2.05, 4.69) is 29.6 Å². The van der Waals surface area contributed by atoms with Gasteiger partial charge >= 0.3 is 0 Å². The van der Waals surface area contributed by atoms with Crippen molar-refractivity contribution in [3.05, 3.63) is 77.9 Å². The molecule has 1 heterocycles. The van der Waals surface area contributed by atoms with Crippen molar-refractivity contribution in [3.8, 4) is 5.75 Å². The molecule has 1 fully saturated rings. The third-order valence-electron chi connectivity index (χ3n) is 5.19.